The molecule has 3 unspecified atom stereocenters. The molecule has 1 heterocycles. The van der Waals surface area contributed by atoms with Crippen LogP contribution in [0.15, 0.2) is 0 Å². The minimum Gasteiger partial charge on any atom is -0.343 e. The lowest BCUT2D eigenvalue weighted by atomic mass is 9.98. The number of carbonyl (C=O) groups excluding carboxylic acids is 2. The van der Waals surface area contributed by atoms with E-state index in [1.54, 1.807) is 0 Å². The topological polar surface area (TPSA) is 49.4 Å². The third kappa shape index (κ3) is 3.71. The van der Waals surface area contributed by atoms with Crippen molar-refractivity contribution >= 4 is 11.8 Å². The van der Waals surface area contributed by atoms with Gasteiger partial charge >= 0.3 is 0 Å². The van der Waals surface area contributed by atoms with Crippen molar-refractivity contribution in [2.24, 2.45) is 0 Å². The lowest BCUT2D eigenvalue weighted by molar-refractivity contribution is -0.152. The van der Waals surface area contributed by atoms with Crippen molar-refractivity contribution < 1.29 is 9.59 Å². The number of nitrogens with one attached hydrogen (secondary N) is 1. The highest BCUT2D eigenvalue weighted by Crippen LogP contribution is 2.21. The molecule has 0 radical (unpaired) electrons. The van der Waals surface area contributed by atoms with Crippen molar-refractivity contribution in [1.29, 1.82) is 0 Å². The van der Waals surface area contributed by atoms with Gasteiger partial charge in [0.1, 0.15) is 12.1 Å². The molecule has 1 N–H and O–H groups in total. The molecule has 0 aromatic rings. The molecule has 4 nitrogen and oxygen atoms in total. The summed E-state index contributed by atoms with van der Waals surface area (Å²) in [7, 11) is 0. The van der Waals surface area contributed by atoms with Crippen LogP contribution in [-0.4, -0.2) is 34.8 Å². The SMILES string of the molecule is CCCCCC(C)N1C(=O)C(CC)NC(=O)C1CC. The Labute approximate surface area is 116 Å². The molecule has 0 bridgehead atoms. The summed E-state index contributed by atoms with van der Waals surface area (Å²) in [6, 6.07) is -0.458. The molecule has 19 heavy (non-hydrogen) atoms. The van der Waals surface area contributed by atoms with Crippen molar-refractivity contribution in [3.05, 3.63) is 0 Å². The van der Waals surface area contributed by atoms with Crippen LogP contribution in [0.1, 0.15) is 66.2 Å². The molecule has 1 aliphatic heterocycles. The predicted octanol–water partition coefficient (Wildman–Crippen LogP) is 2.47. The van der Waals surface area contributed by atoms with Crippen molar-refractivity contribution in [1.82, 2.24) is 10.2 Å². The molecule has 0 aliphatic carbocycles. The highest BCUT2D eigenvalue weighted by atomic mass is 16.2. The van der Waals surface area contributed by atoms with E-state index in [1.807, 2.05) is 18.7 Å². The molecular formula is C15H28N2O2. The number of carbonyl (C=O) groups is 2. The zero-order valence-corrected chi connectivity index (χ0v) is 12.7. The molecule has 0 spiro atoms. The van der Waals surface area contributed by atoms with Gasteiger partial charge < -0.3 is 10.2 Å². The second-order valence-electron chi connectivity index (χ2n) is 5.48. The van der Waals surface area contributed by atoms with Gasteiger partial charge in [-0.3, -0.25) is 9.59 Å². The Morgan fingerprint density at radius 1 is 1.16 bits per heavy atom. The van der Waals surface area contributed by atoms with Gasteiger partial charge in [-0.2, -0.15) is 0 Å². The maximum Gasteiger partial charge on any atom is 0.246 e. The van der Waals surface area contributed by atoms with Crippen molar-refractivity contribution in [2.75, 3.05) is 0 Å². The van der Waals surface area contributed by atoms with Gasteiger partial charge in [-0.05, 0) is 26.2 Å². The Hall–Kier alpha value is -1.06. The van der Waals surface area contributed by atoms with Crippen molar-refractivity contribution in [2.45, 2.75) is 84.3 Å². The van der Waals surface area contributed by atoms with E-state index in [4.69, 9.17) is 0 Å². The zero-order chi connectivity index (χ0) is 14.4. The van der Waals surface area contributed by atoms with Crippen LogP contribution in [-0.2, 0) is 9.59 Å². The third-order valence-corrected chi connectivity index (χ3v) is 4.00. The molecule has 0 aromatic carbocycles. The summed E-state index contributed by atoms with van der Waals surface area (Å²) >= 11 is 0. The summed E-state index contributed by atoms with van der Waals surface area (Å²) in [6.07, 6.45) is 5.82. The molecule has 3 atom stereocenters. The highest BCUT2D eigenvalue weighted by molar-refractivity contribution is 5.97. The van der Waals surface area contributed by atoms with Crippen LogP contribution in [0.5, 0.6) is 0 Å². The largest absolute Gasteiger partial charge is 0.343 e. The first-order valence-corrected chi connectivity index (χ1v) is 7.69. The summed E-state index contributed by atoms with van der Waals surface area (Å²) in [5.74, 6) is 0.106. The molecule has 0 aromatic heterocycles. The van der Waals surface area contributed by atoms with Gasteiger partial charge in [0.05, 0.1) is 0 Å². The number of unbranched alkanes of at least 4 members (excludes halogenated alkanes) is 2. The molecule has 4 heteroatoms. The zero-order valence-electron chi connectivity index (χ0n) is 12.7. The summed E-state index contributed by atoms with van der Waals surface area (Å²) in [5, 5.41) is 2.84. The average molecular weight is 268 g/mol. The maximum atomic E-state index is 12.5. The van der Waals surface area contributed by atoms with Crippen LogP contribution in [0, 0.1) is 0 Å². The average Bonchev–Trinajstić information content (AvgIpc) is 2.40. The van der Waals surface area contributed by atoms with E-state index in [-0.39, 0.29) is 29.9 Å². The van der Waals surface area contributed by atoms with E-state index < -0.39 is 0 Å². The Kier molecular flexibility index (Phi) is 6.32. The van der Waals surface area contributed by atoms with E-state index in [2.05, 4.69) is 19.2 Å². The second-order valence-corrected chi connectivity index (χ2v) is 5.48. The molecule has 110 valence electrons. The fourth-order valence-corrected chi connectivity index (χ4v) is 2.80. The molecule has 2 amide bonds. The van der Waals surface area contributed by atoms with Crippen LogP contribution in [0.2, 0.25) is 0 Å². The molecule has 1 saturated heterocycles. The first-order valence-electron chi connectivity index (χ1n) is 7.69. The number of hydrogen-bond acceptors (Lipinski definition) is 2. The Balaban J connectivity index is 2.77. The van der Waals surface area contributed by atoms with Gasteiger partial charge in [0.2, 0.25) is 11.8 Å². The summed E-state index contributed by atoms with van der Waals surface area (Å²) in [6.45, 7) is 8.15. The second kappa shape index (κ2) is 7.51. The van der Waals surface area contributed by atoms with Gasteiger partial charge in [-0.15, -0.1) is 0 Å². The quantitative estimate of drug-likeness (QED) is 0.721. The van der Waals surface area contributed by atoms with Crippen LogP contribution in [0.25, 0.3) is 0 Å². The number of nitrogens with zero attached hydrogens (tertiary/aromatic N) is 1. The molecule has 1 aliphatic rings. The first kappa shape index (κ1) is 16.0. The monoisotopic (exact) mass is 268 g/mol. The molecule has 1 fully saturated rings. The van der Waals surface area contributed by atoms with E-state index >= 15 is 0 Å². The van der Waals surface area contributed by atoms with Crippen LogP contribution >= 0.6 is 0 Å². The first-order chi connectivity index (χ1) is 9.06. The van der Waals surface area contributed by atoms with Crippen LogP contribution < -0.4 is 5.32 Å². The summed E-state index contributed by atoms with van der Waals surface area (Å²) in [5.41, 5.74) is 0. The Morgan fingerprint density at radius 3 is 2.37 bits per heavy atom. The fourth-order valence-electron chi connectivity index (χ4n) is 2.80. The van der Waals surface area contributed by atoms with Crippen molar-refractivity contribution in [3.63, 3.8) is 0 Å². The minimum absolute atomic E-state index is 0.0105. The van der Waals surface area contributed by atoms with E-state index in [0.717, 1.165) is 12.8 Å². The maximum absolute atomic E-state index is 12.5. The van der Waals surface area contributed by atoms with E-state index in [0.29, 0.717) is 12.8 Å². The Morgan fingerprint density at radius 2 is 1.84 bits per heavy atom. The lowest BCUT2D eigenvalue weighted by Gasteiger charge is -2.42. The molecule has 1 rings (SSSR count). The molecular weight excluding hydrogens is 240 g/mol. The summed E-state index contributed by atoms with van der Waals surface area (Å²) < 4.78 is 0. The fraction of sp³-hybridized carbons (Fsp3) is 0.867. The lowest BCUT2D eigenvalue weighted by Crippen LogP contribution is -2.65. The smallest absolute Gasteiger partial charge is 0.246 e. The minimum atomic E-state index is -0.330. The molecule has 0 saturated carbocycles. The van der Waals surface area contributed by atoms with E-state index in [1.165, 1.54) is 12.8 Å². The van der Waals surface area contributed by atoms with Gasteiger partial charge in [0.15, 0.2) is 0 Å². The standard InChI is InChI=1S/C15H28N2O2/c1-5-8-9-10-11(4)17-13(7-3)14(18)16-12(6-2)15(17)19/h11-13H,5-10H2,1-4H3,(H,16,18). The van der Waals surface area contributed by atoms with Gasteiger partial charge in [0, 0.05) is 6.04 Å². The number of amides is 2. The van der Waals surface area contributed by atoms with Crippen LogP contribution in [0.4, 0.5) is 0 Å². The highest BCUT2D eigenvalue weighted by Gasteiger charge is 2.40. The van der Waals surface area contributed by atoms with Gasteiger partial charge in [0.25, 0.3) is 0 Å². The number of rotatable bonds is 7. The Bertz CT molecular complexity index is 317. The number of hydrogen-bond donors (Lipinski definition) is 1. The third-order valence-electron chi connectivity index (χ3n) is 4.00. The predicted molar refractivity (Wildman–Crippen MR) is 76.8 cm³/mol. The van der Waals surface area contributed by atoms with Gasteiger partial charge in [-0.25, -0.2) is 0 Å². The normalized spacial score (nSPS) is 25.4. The number of piperazine rings is 1. The van der Waals surface area contributed by atoms with Crippen molar-refractivity contribution in [3.8, 4) is 0 Å². The van der Waals surface area contributed by atoms with Crippen LogP contribution in [0.3, 0.4) is 0 Å². The summed E-state index contributed by atoms with van der Waals surface area (Å²) in [4.78, 5) is 26.4. The van der Waals surface area contributed by atoms with Gasteiger partial charge in [-0.1, -0.05) is 40.0 Å². The van der Waals surface area contributed by atoms with E-state index in [9.17, 15) is 9.59 Å².